The zero-order valence-electron chi connectivity index (χ0n) is 20.1. The summed E-state index contributed by atoms with van der Waals surface area (Å²) in [5, 5.41) is 9.09. The molecule has 0 fully saturated rings. The number of carbonyl (C=O) groups is 1. The fraction of sp³-hybridized carbons (Fsp3) is 0.250. The van der Waals surface area contributed by atoms with E-state index in [4.69, 9.17) is 9.84 Å². The van der Waals surface area contributed by atoms with Gasteiger partial charge in [0.25, 0.3) is 10.0 Å². The first-order chi connectivity index (χ1) is 18.0. The monoisotopic (exact) mass is 543 g/mol. The molecule has 198 valence electrons. The number of fused-ring (bicyclic) bond motifs is 2. The molecule has 3 aromatic carbocycles. The van der Waals surface area contributed by atoms with Gasteiger partial charge >= 0.3 is 12.1 Å². The molecule has 0 amide bonds. The van der Waals surface area contributed by atoms with Crippen molar-refractivity contribution in [2.75, 3.05) is 10.8 Å². The topological polar surface area (TPSA) is 83.9 Å². The highest BCUT2D eigenvalue weighted by Crippen LogP contribution is 2.41. The number of halogens is 3. The fourth-order valence-electron chi connectivity index (χ4n) is 4.85. The van der Waals surface area contributed by atoms with Gasteiger partial charge in [0, 0.05) is 6.42 Å². The predicted molar refractivity (Wildman–Crippen MR) is 136 cm³/mol. The quantitative estimate of drug-likeness (QED) is 0.412. The lowest BCUT2D eigenvalue weighted by Crippen LogP contribution is -2.43. The number of alkyl halides is 3. The second kappa shape index (κ2) is 9.83. The number of benzene rings is 3. The molecule has 1 unspecified atom stereocenters. The van der Waals surface area contributed by atoms with Crippen molar-refractivity contribution in [2.24, 2.45) is 0 Å². The van der Waals surface area contributed by atoms with Gasteiger partial charge in [-0.2, -0.15) is 13.2 Å². The van der Waals surface area contributed by atoms with Gasteiger partial charge in [-0.25, -0.2) is 8.42 Å². The number of nitrogens with zero attached hydrogens (tertiary/aromatic N) is 1. The second-order valence-corrected chi connectivity index (χ2v) is 11.2. The van der Waals surface area contributed by atoms with Crippen molar-refractivity contribution in [3.8, 4) is 5.75 Å². The van der Waals surface area contributed by atoms with Crippen LogP contribution in [0.15, 0.2) is 71.6 Å². The van der Waals surface area contributed by atoms with Crippen LogP contribution in [0.5, 0.6) is 5.75 Å². The number of aliphatic carboxylic acids is 1. The highest BCUT2D eigenvalue weighted by Gasteiger charge is 2.37. The zero-order chi connectivity index (χ0) is 27.1. The Morgan fingerprint density at radius 1 is 1.05 bits per heavy atom. The molecule has 38 heavy (non-hydrogen) atoms. The van der Waals surface area contributed by atoms with Crippen LogP contribution >= 0.6 is 0 Å². The molecule has 0 saturated heterocycles. The van der Waals surface area contributed by atoms with E-state index in [9.17, 15) is 26.4 Å². The smallest absolute Gasteiger partial charge is 0.416 e. The molecule has 3 aromatic rings. The maximum absolute atomic E-state index is 13.7. The minimum absolute atomic E-state index is 0.0337. The Morgan fingerprint density at radius 3 is 2.61 bits per heavy atom. The van der Waals surface area contributed by atoms with Crippen molar-refractivity contribution in [1.29, 1.82) is 0 Å². The Balaban J connectivity index is 1.56. The SMILES string of the molecule is O=C(O)CCC1CN(S(=O)(=O)c2cccc(C(F)(F)F)c2)c2cc(C=C3CCc4ccccc43)ccc2O1. The van der Waals surface area contributed by atoms with E-state index in [1.54, 1.807) is 18.2 Å². The molecular weight excluding hydrogens is 519 g/mol. The lowest BCUT2D eigenvalue weighted by Gasteiger charge is -2.35. The number of aryl methyl sites for hydroxylation is 1. The third-order valence-corrected chi connectivity index (χ3v) is 8.49. The zero-order valence-corrected chi connectivity index (χ0v) is 20.9. The fourth-order valence-corrected chi connectivity index (χ4v) is 6.39. The summed E-state index contributed by atoms with van der Waals surface area (Å²) in [6.45, 7) is -0.234. The maximum atomic E-state index is 13.7. The average Bonchev–Trinajstić information content (AvgIpc) is 3.29. The van der Waals surface area contributed by atoms with Crippen LogP contribution in [0.1, 0.15) is 41.5 Å². The van der Waals surface area contributed by atoms with E-state index in [-0.39, 0.29) is 30.8 Å². The van der Waals surface area contributed by atoms with Gasteiger partial charge in [-0.15, -0.1) is 0 Å². The van der Waals surface area contributed by atoms with Crippen LogP contribution in [0.4, 0.5) is 18.9 Å². The number of carboxylic acids is 1. The molecule has 1 N–H and O–H groups in total. The van der Waals surface area contributed by atoms with Gasteiger partial charge in [0.05, 0.1) is 22.7 Å². The number of allylic oxidation sites excluding steroid dienone is 1. The van der Waals surface area contributed by atoms with E-state index in [0.717, 1.165) is 46.5 Å². The molecule has 0 spiro atoms. The first-order valence-electron chi connectivity index (χ1n) is 12.0. The second-order valence-electron chi connectivity index (χ2n) is 9.29. The highest BCUT2D eigenvalue weighted by atomic mass is 32.2. The molecule has 6 nitrogen and oxygen atoms in total. The van der Waals surface area contributed by atoms with Gasteiger partial charge in [-0.05, 0) is 71.9 Å². The molecule has 1 heterocycles. The Hall–Kier alpha value is -3.79. The summed E-state index contributed by atoms with van der Waals surface area (Å²) in [6.07, 6.45) is -2.02. The Labute approximate surface area is 218 Å². The van der Waals surface area contributed by atoms with Crippen LogP contribution in [0.25, 0.3) is 11.6 Å². The predicted octanol–water partition coefficient (Wildman–Crippen LogP) is 6.01. The van der Waals surface area contributed by atoms with Crippen molar-refractivity contribution in [1.82, 2.24) is 0 Å². The van der Waals surface area contributed by atoms with Crippen molar-refractivity contribution in [2.45, 2.75) is 42.9 Å². The molecule has 0 aromatic heterocycles. The lowest BCUT2D eigenvalue weighted by molar-refractivity contribution is -0.138. The van der Waals surface area contributed by atoms with Crippen molar-refractivity contribution < 1.29 is 36.2 Å². The minimum atomic E-state index is -4.71. The molecule has 0 radical (unpaired) electrons. The number of hydrogen-bond acceptors (Lipinski definition) is 4. The Morgan fingerprint density at radius 2 is 1.84 bits per heavy atom. The van der Waals surface area contributed by atoms with Crippen molar-refractivity contribution in [3.05, 3.63) is 89.0 Å². The molecule has 10 heteroatoms. The molecule has 0 bridgehead atoms. The first kappa shape index (κ1) is 25.8. The van der Waals surface area contributed by atoms with Gasteiger partial charge in [-0.1, -0.05) is 42.5 Å². The van der Waals surface area contributed by atoms with Gasteiger partial charge in [0.2, 0.25) is 0 Å². The molecule has 1 aliphatic carbocycles. The number of sulfonamides is 1. The van der Waals surface area contributed by atoms with Crippen molar-refractivity contribution in [3.63, 3.8) is 0 Å². The number of hydrogen-bond donors (Lipinski definition) is 1. The van der Waals surface area contributed by atoms with E-state index in [2.05, 4.69) is 6.07 Å². The molecule has 0 saturated carbocycles. The van der Waals surface area contributed by atoms with E-state index in [1.165, 1.54) is 5.56 Å². The third kappa shape index (κ3) is 5.13. The van der Waals surface area contributed by atoms with Crippen LogP contribution < -0.4 is 9.04 Å². The van der Waals surface area contributed by atoms with E-state index in [1.807, 2.05) is 24.3 Å². The van der Waals surface area contributed by atoms with Gasteiger partial charge < -0.3 is 9.84 Å². The molecule has 1 aliphatic heterocycles. The van der Waals surface area contributed by atoms with E-state index < -0.39 is 38.7 Å². The van der Waals surface area contributed by atoms with Gasteiger partial charge in [0.1, 0.15) is 11.9 Å². The van der Waals surface area contributed by atoms with E-state index >= 15 is 0 Å². The number of ether oxygens (including phenoxy) is 1. The molecule has 5 rings (SSSR count). The van der Waals surface area contributed by atoms with Crippen LogP contribution in [-0.4, -0.2) is 32.1 Å². The van der Waals surface area contributed by atoms with Crippen LogP contribution in [0.2, 0.25) is 0 Å². The Bertz CT molecular complexity index is 1530. The average molecular weight is 544 g/mol. The van der Waals surface area contributed by atoms with Gasteiger partial charge in [-0.3, -0.25) is 9.10 Å². The lowest BCUT2D eigenvalue weighted by atomic mass is 10.0. The van der Waals surface area contributed by atoms with Crippen LogP contribution in [0, 0.1) is 0 Å². The van der Waals surface area contributed by atoms with Gasteiger partial charge in [0.15, 0.2) is 0 Å². The first-order valence-corrected chi connectivity index (χ1v) is 13.5. The summed E-state index contributed by atoms with van der Waals surface area (Å²) < 4.78 is 74.4. The minimum Gasteiger partial charge on any atom is -0.486 e. The summed E-state index contributed by atoms with van der Waals surface area (Å²) >= 11 is 0. The van der Waals surface area contributed by atoms with Crippen LogP contribution in [0.3, 0.4) is 0 Å². The number of carboxylic acid groups (broad SMARTS) is 1. The molecule has 1 atom stereocenters. The number of rotatable bonds is 6. The van der Waals surface area contributed by atoms with E-state index in [0.29, 0.717) is 11.6 Å². The molecule has 2 aliphatic rings. The summed E-state index contributed by atoms with van der Waals surface area (Å²) in [5.41, 5.74) is 3.29. The van der Waals surface area contributed by atoms with Crippen molar-refractivity contribution >= 4 is 33.3 Å². The highest BCUT2D eigenvalue weighted by molar-refractivity contribution is 7.92. The largest absolute Gasteiger partial charge is 0.486 e. The third-order valence-electron chi connectivity index (χ3n) is 6.71. The van der Waals surface area contributed by atoms with Crippen LogP contribution in [-0.2, 0) is 27.4 Å². The Kier molecular flexibility index (Phi) is 6.68. The normalized spacial score (nSPS) is 18.1. The summed E-state index contributed by atoms with van der Waals surface area (Å²) in [6, 6.07) is 16.7. The summed E-state index contributed by atoms with van der Waals surface area (Å²) in [7, 11) is -4.44. The summed E-state index contributed by atoms with van der Waals surface area (Å²) in [4.78, 5) is 10.6. The standard InChI is InChI=1S/C28H24F3NO5S/c29-28(30,31)21-5-3-6-23(16-21)38(35,36)32-17-22(11-13-27(33)34)37-26-12-8-18(15-25(26)32)14-20-10-9-19-4-1-2-7-24(19)20/h1-8,12,14-16,22H,9-11,13,17H2,(H,33,34). The maximum Gasteiger partial charge on any atom is 0.416 e. The summed E-state index contributed by atoms with van der Waals surface area (Å²) in [5.74, 6) is -0.846. The molecular formula is C28H24F3NO5S. The number of anilines is 1.